The molecule has 0 aliphatic carbocycles. The number of nitrogens with zero attached hydrogens (tertiary/aromatic N) is 1. The molecule has 0 atom stereocenters. The number of phenolic OH excluding ortho intramolecular Hbond substituents is 1. The number of benzene rings is 1. The summed E-state index contributed by atoms with van der Waals surface area (Å²) in [6, 6.07) is 5.12. The number of carbonyl (C=O) groups excluding carboxylic acids is 2. The van der Waals surface area contributed by atoms with Crippen LogP contribution in [0.15, 0.2) is 23.1 Å². The van der Waals surface area contributed by atoms with E-state index >= 15 is 0 Å². The normalized spacial score (nSPS) is 11.0. The van der Waals surface area contributed by atoms with Crippen LogP contribution in [0.3, 0.4) is 0 Å². The number of aromatic amines is 1. The van der Waals surface area contributed by atoms with Crippen LogP contribution in [0.25, 0.3) is 0 Å². The second kappa shape index (κ2) is 8.42. The molecule has 1 aromatic heterocycles. The number of aryl methyl sites for hydroxylation is 1. The molecule has 1 aromatic carbocycles. The van der Waals surface area contributed by atoms with Gasteiger partial charge in [0.15, 0.2) is 5.78 Å². The van der Waals surface area contributed by atoms with Crippen molar-refractivity contribution in [2.75, 3.05) is 18.4 Å². The number of Topliss-reactive ketones (excluding diaryl/α,β-unsaturated/α-hetero) is 1. The Hall–Kier alpha value is -2.25. The van der Waals surface area contributed by atoms with E-state index in [0.717, 1.165) is 18.0 Å². The predicted octanol–water partition coefficient (Wildman–Crippen LogP) is 4.14. The Morgan fingerprint density at radius 3 is 2.42 bits per heavy atom. The van der Waals surface area contributed by atoms with Gasteiger partial charge in [0.25, 0.3) is 5.91 Å². The summed E-state index contributed by atoms with van der Waals surface area (Å²) in [5.41, 5.74) is 2.47. The Kier molecular flexibility index (Phi) is 6.50. The molecule has 6 nitrogen and oxygen atoms in total. The van der Waals surface area contributed by atoms with E-state index < -0.39 is 5.91 Å². The lowest BCUT2D eigenvalue weighted by Crippen LogP contribution is -2.15. The lowest BCUT2D eigenvalue weighted by Gasteiger charge is -2.17. The molecular weight excluding hydrogens is 350 g/mol. The number of aromatic nitrogens is 1. The van der Waals surface area contributed by atoms with Gasteiger partial charge in [-0.15, -0.1) is 0 Å². The first-order valence-corrected chi connectivity index (χ1v) is 9.33. The lowest BCUT2D eigenvalue weighted by molar-refractivity contribution is 0.101. The van der Waals surface area contributed by atoms with Crippen LogP contribution in [0.1, 0.15) is 52.9 Å². The molecule has 0 bridgehead atoms. The van der Waals surface area contributed by atoms with E-state index in [1.54, 1.807) is 37.9 Å². The van der Waals surface area contributed by atoms with E-state index in [2.05, 4.69) is 28.5 Å². The zero-order valence-corrected chi connectivity index (χ0v) is 16.6. The smallest absolute Gasteiger partial charge is 0.272 e. The van der Waals surface area contributed by atoms with E-state index in [1.807, 2.05) is 6.07 Å². The average molecular weight is 375 g/mol. The van der Waals surface area contributed by atoms with Gasteiger partial charge >= 0.3 is 0 Å². The van der Waals surface area contributed by atoms with Gasteiger partial charge in [-0.25, -0.2) is 4.31 Å². The molecule has 2 rings (SSSR count). The molecule has 2 aromatic rings. The van der Waals surface area contributed by atoms with Crippen molar-refractivity contribution >= 4 is 29.3 Å². The van der Waals surface area contributed by atoms with Crippen molar-refractivity contribution in [3.63, 3.8) is 0 Å². The Balaban J connectivity index is 2.26. The highest BCUT2D eigenvalue weighted by Crippen LogP contribution is 2.31. The maximum Gasteiger partial charge on any atom is 0.272 e. The predicted molar refractivity (Wildman–Crippen MR) is 105 cm³/mol. The molecule has 26 heavy (non-hydrogen) atoms. The van der Waals surface area contributed by atoms with Crippen molar-refractivity contribution in [3.8, 4) is 5.75 Å². The molecule has 1 amide bonds. The van der Waals surface area contributed by atoms with Gasteiger partial charge in [0, 0.05) is 29.2 Å². The van der Waals surface area contributed by atoms with Crippen LogP contribution in [0.4, 0.5) is 5.69 Å². The Morgan fingerprint density at radius 2 is 1.88 bits per heavy atom. The van der Waals surface area contributed by atoms with Gasteiger partial charge in [0.05, 0.1) is 5.69 Å². The molecule has 0 aliphatic heterocycles. The number of aromatic hydroxyl groups is 1. The third kappa shape index (κ3) is 4.28. The highest BCUT2D eigenvalue weighted by atomic mass is 32.2. The van der Waals surface area contributed by atoms with E-state index in [-0.39, 0.29) is 11.5 Å². The second-order valence-electron chi connectivity index (χ2n) is 6.02. The summed E-state index contributed by atoms with van der Waals surface area (Å²) < 4.78 is 2.16. The molecular formula is C19H25N3O3S. The van der Waals surface area contributed by atoms with Gasteiger partial charge in [-0.3, -0.25) is 9.59 Å². The number of amides is 1. The molecule has 0 radical (unpaired) electrons. The molecule has 1 heterocycles. The molecule has 3 N–H and O–H groups in total. The van der Waals surface area contributed by atoms with E-state index in [4.69, 9.17) is 0 Å². The maximum atomic E-state index is 12.6. The molecule has 7 heteroatoms. The number of hydrogen-bond donors (Lipinski definition) is 3. The quantitative estimate of drug-likeness (QED) is 0.385. The van der Waals surface area contributed by atoms with E-state index in [1.165, 1.54) is 6.92 Å². The third-order valence-corrected chi connectivity index (χ3v) is 5.41. The third-order valence-electron chi connectivity index (χ3n) is 4.17. The molecule has 0 saturated carbocycles. The summed E-state index contributed by atoms with van der Waals surface area (Å²) in [6.45, 7) is 10.9. The van der Waals surface area contributed by atoms with E-state index in [9.17, 15) is 14.7 Å². The summed E-state index contributed by atoms with van der Waals surface area (Å²) >= 11 is 1.57. The van der Waals surface area contributed by atoms with Crippen LogP contribution in [0.2, 0.25) is 0 Å². The molecule has 0 saturated heterocycles. The topological polar surface area (TPSA) is 85.4 Å². The first-order chi connectivity index (χ1) is 12.3. The summed E-state index contributed by atoms with van der Waals surface area (Å²) in [6.07, 6.45) is 0. The summed E-state index contributed by atoms with van der Waals surface area (Å²) in [7, 11) is 0. The fourth-order valence-electron chi connectivity index (χ4n) is 2.86. The highest BCUT2D eigenvalue weighted by molar-refractivity contribution is 7.97. The fourth-order valence-corrected chi connectivity index (χ4v) is 3.72. The second-order valence-corrected chi connectivity index (χ2v) is 7.19. The first kappa shape index (κ1) is 20.1. The van der Waals surface area contributed by atoms with Crippen molar-refractivity contribution in [1.82, 2.24) is 9.29 Å². The van der Waals surface area contributed by atoms with Gasteiger partial charge in [-0.05, 0) is 56.5 Å². The van der Waals surface area contributed by atoms with Gasteiger partial charge in [0.1, 0.15) is 11.4 Å². The Labute approximate surface area is 158 Å². The number of H-pyrrole nitrogens is 1. The van der Waals surface area contributed by atoms with Crippen molar-refractivity contribution in [1.29, 1.82) is 0 Å². The molecule has 0 unspecified atom stereocenters. The van der Waals surface area contributed by atoms with Gasteiger partial charge in [0.2, 0.25) is 0 Å². The number of anilines is 1. The Morgan fingerprint density at radius 1 is 1.23 bits per heavy atom. The van der Waals surface area contributed by atoms with Gasteiger partial charge in [-0.2, -0.15) is 0 Å². The zero-order chi connectivity index (χ0) is 19.4. The SMILES string of the molecule is CCN(CC)Sc1ccc(O)c(NC(=O)c2[nH]c(C)c(C(C)=O)c2C)c1. The molecule has 0 spiro atoms. The number of rotatable bonds is 7. The van der Waals surface area contributed by atoms with E-state index in [0.29, 0.717) is 28.2 Å². The van der Waals surface area contributed by atoms with Gasteiger partial charge in [-0.1, -0.05) is 13.8 Å². The van der Waals surface area contributed by atoms with Gasteiger partial charge < -0.3 is 15.4 Å². The molecule has 0 aliphatic rings. The average Bonchev–Trinajstić information content (AvgIpc) is 2.90. The monoisotopic (exact) mass is 375 g/mol. The van der Waals surface area contributed by atoms with Crippen molar-refractivity contribution < 1.29 is 14.7 Å². The number of carbonyl (C=O) groups is 2. The van der Waals surface area contributed by atoms with Crippen molar-refractivity contribution in [2.24, 2.45) is 0 Å². The lowest BCUT2D eigenvalue weighted by atomic mass is 10.1. The van der Waals surface area contributed by atoms with Crippen LogP contribution in [-0.4, -0.2) is 39.2 Å². The van der Waals surface area contributed by atoms with Crippen LogP contribution in [0, 0.1) is 13.8 Å². The Bertz CT molecular complexity index is 826. The summed E-state index contributed by atoms with van der Waals surface area (Å²) in [4.78, 5) is 28.3. The number of hydrogen-bond acceptors (Lipinski definition) is 5. The van der Waals surface area contributed by atoms with Crippen LogP contribution < -0.4 is 5.32 Å². The van der Waals surface area contributed by atoms with Crippen LogP contribution >= 0.6 is 11.9 Å². The summed E-state index contributed by atoms with van der Waals surface area (Å²) in [5.74, 6) is -0.482. The summed E-state index contributed by atoms with van der Waals surface area (Å²) in [5, 5.41) is 12.8. The zero-order valence-electron chi connectivity index (χ0n) is 15.8. The largest absolute Gasteiger partial charge is 0.506 e. The number of nitrogens with one attached hydrogen (secondary N) is 2. The minimum Gasteiger partial charge on any atom is -0.506 e. The first-order valence-electron chi connectivity index (χ1n) is 8.55. The molecule has 140 valence electrons. The maximum absolute atomic E-state index is 12.6. The standard InChI is InChI=1S/C19H25N3O3S/c1-6-22(7-2)26-14-8-9-16(24)15(10-14)21-19(25)18-11(3)17(13(5)23)12(4)20-18/h8-10,20,24H,6-7H2,1-5H3,(H,21,25). The number of ketones is 1. The number of phenols is 1. The molecule has 0 fully saturated rings. The van der Waals surface area contributed by atoms with Crippen LogP contribution in [-0.2, 0) is 0 Å². The fraction of sp³-hybridized carbons (Fsp3) is 0.368. The highest BCUT2D eigenvalue weighted by Gasteiger charge is 2.20. The minimum absolute atomic E-state index is 0.00466. The van der Waals surface area contributed by atoms with Crippen molar-refractivity contribution in [3.05, 3.63) is 40.7 Å². The minimum atomic E-state index is -0.390. The van der Waals surface area contributed by atoms with Crippen LogP contribution in [0.5, 0.6) is 5.75 Å². The van der Waals surface area contributed by atoms with Crippen molar-refractivity contribution in [2.45, 2.75) is 39.5 Å².